The van der Waals surface area contributed by atoms with E-state index in [0.29, 0.717) is 12.3 Å². The zero-order valence-electron chi connectivity index (χ0n) is 15.3. The number of nitrogens with one attached hydrogen (secondary N) is 1. The van der Waals surface area contributed by atoms with Gasteiger partial charge in [-0.2, -0.15) is 0 Å². The second kappa shape index (κ2) is 7.16. The highest BCUT2D eigenvalue weighted by atomic mass is 32.1. The van der Waals surface area contributed by atoms with Gasteiger partial charge in [-0.1, -0.05) is 38.0 Å². The summed E-state index contributed by atoms with van der Waals surface area (Å²) in [4.78, 5) is 16.9. The van der Waals surface area contributed by atoms with Crippen LogP contribution in [0.25, 0.3) is 0 Å². The van der Waals surface area contributed by atoms with Crippen molar-refractivity contribution >= 4 is 28.1 Å². The molecule has 1 aromatic heterocycles. The molecule has 0 saturated carbocycles. The van der Waals surface area contributed by atoms with Gasteiger partial charge in [-0.3, -0.25) is 4.79 Å². The van der Waals surface area contributed by atoms with Crippen LogP contribution in [0.4, 0.5) is 10.8 Å². The third kappa shape index (κ3) is 4.21. The fourth-order valence-electron chi connectivity index (χ4n) is 3.15. The Hall–Kier alpha value is -1.88. The van der Waals surface area contributed by atoms with E-state index in [9.17, 15) is 4.79 Å². The normalized spacial score (nSPS) is 23.1. The van der Waals surface area contributed by atoms with Crippen LogP contribution in [0.3, 0.4) is 0 Å². The number of thiazole rings is 1. The molecule has 0 aliphatic carbocycles. The smallest absolute Gasteiger partial charge is 0.310 e. The molecule has 3 rings (SSSR count). The molecule has 0 radical (unpaired) electrons. The summed E-state index contributed by atoms with van der Waals surface area (Å²) in [6, 6.07) is 8.21. The molecule has 1 aliphatic rings. The number of nitrogens with zero attached hydrogens (tertiary/aromatic N) is 1. The molecule has 2 heterocycles. The van der Waals surface area contributed by atoms with Crippen LogP contribution in [0, 0.1) is 18.8 Å². The summed E-state index contributed by atoms with van der Waals surface area (Å²) in [7, 11) is 0. The van der Waals surface area contributed by atoms with Crippen molar-refractivity contribution in [2.24, 2.45) is 11.8 Å². The second-order valence-corrected chi connectivity index (χ2v) is 8.41. The molecule has 0 bridgehead atoms. The van der Waals surface area contributed by atoms with Crippen molar-refractivity contribution in [1.29, 1.82) is 0 Å². The van der Waals surface area contributed by atoms with Gasteiger partial charge in [0, 0.05) is 17.5 Å². The van der Waals surface area contributed by atoms with Crippen LogP contribution in [-0.2, 0) is 15.1 Å². The van der Waals surface area contributed by atoms with Crippen LogP contribution in [0.15, 0.2) is 29.6 Å². The summed E-state index contributed by atoms with van der Waals surface area (Å²) < 4.78 is 5.74. The summed E-state index contributed by atoms with van der Waals surface area (Å²) in [6.07, 6.45) is 2.66. The number of esters is 1. The van der Waals surface area contributed by atoms with Crippen molar-refractivity contribution < 1.29 is 9.53 Å². The van der Waals surface area contributed by atoms with Crippen molar-refractivity contribution in [3.63, 3.8) is 0 Å². The lowest BCUT2D eigenvalue weighted by molar-refractivity contribution is -0.150. The Labute approximate surface area is 153 Å². The predicted octanol–water partition coefficient (Wildman–Crippen LogP) is 5.41. The monoisotopic (exact) mass is 358 g/mol. The van der Waals surface area contributed by atoms with Crippen LogP contribution in [0.2, 0.25) is 0 Å². The van der Waals surface area contributed by atoms with Crippen molar-refractivity contribution in [3.05, 3.63) is 40.9 Å². The lowest BCUT2D eigenvalue weighted by Crippen LogP contribution is -2.21. The van der Waals surface area contributed by atoms with Crippen molar-refractivity contribution in [1.82, 2.24) is 4.98 Å². The summed E-state index contributed by atoms with van der Waals surface area (Å²) in [5.41, 5.74) is 2.47. The molecular formula is C20H26N2O2S. The summed E-state index contributed by atoms with van der Waals surface area (Å²) in [6.45, 7) is 8.41. The van der Waals surface area contributed by atoms with E-state index < -0.39 is 5.60 Å². The Balaban J connectivity index is 1.68. The predicted molar refractivity (Wildman–Crippen MR) is 102 cm³/mol. The second-order valence-electron chi connectivity index (χ2n) is 7.55. The molecule has 1 aliphatic heterocycles. The topological polar surface area (TPSA) is 51.2 Å². The molecule has 1 saturated heterocycles. The van der Waals surface area contributed by atoms with Crippen LogP contribution in [-0.4, -0.2) is 11.0 Å². The lowest BCUT2D eigenvalue weighted by Gasteiger charge is -2.20. The lowest BCUT2D eigenvalue weighted by atomic mass is 9.89. The largest absolute Gasteiger partial charge is 0.453 e. The average Bonchev–Trinajstić information content (AvgIpc) is 3.13. The van der Waals surface area contributed by atoms with Gasteiger partial charge in [-0.05, 0) is 38.3 Å². The number of hydrogen-bond donors (Lipinski definition) is 1. The number of rotatable bonds is 6. The van der Waals surface area contributed by atoms with Crippen molar-refractivity contribution in [2.75, 3.05) is 5.32 Å². The van der Waals surface area contributed by atoms with Crippen LogP contribution >= 0.6 is 11.3 Å². The molecule has 4 nitrogen and oxygen atoms in total. The van der Waals surface area contributed by atoms with E-state index in [0.717, 1.165) is 29.4 Å². The Morgan fingerprint density at radius 2 is 2.08 bits per heavy atom. The van der Waals surface area contributed by atoms with Gasteiger partial charge in [0.2, 0.25) is 0 Å². The molecule has 0 unspecified atom stereocenters. The van der Waals surface area contributed by atoms with E-state index in [2.05, 4.69) is 43.2 Å². The van der Waals surface area contributed by atoms with Crippen LogP contribution in [0.5, 0.6) is 0 Å². The first-order chi connectivity index (χ1) is 11.9. The van der Waals surface area contributed by atoms with E-state index >= 15 is 0 Å². The fourth-order valence-corrected chi connectivity index (χ4v) is 4.00. The summed E-state index contributed by atoms with van der Waals surface area (Å²) >= 11 is 1.54. The van der Waals surface area contributed by atoms with E-state index in [1.165, 1.54) is 5.56 Å². The molecule has 1 fully saturated rings. The Morgan fingerprint density at radius 3 is 2.76 bits per heavy atom. The number of ether oxygens (including phenoxy) is 1. The van der Waals surface area contributed by atoms with Gasteiger partial charge in [-0.25, -0.2) is 4.98 Å². The number of carbonyl (C=O) groups is 1. The zero-order valence-corrected chi connectivity index (χ0v) is 16.2. The van der Waals surface area contributed by atoms with Crippen molar-refractivity contribution in [2.45, 2.75) is 52.6 Å². The molecule has 5 heteroatoms. The molecule has 0 amide bonds. The summed E-state index contributed by atoms with van der Waals surface area (Å²) in [5.74, 6) is 0.510. The van der Waals surface area contributed by atoms with Gasteiger partial charge < -0.3 is 10.1 Å². The minimum atomic E-state index is -0.609. The maximum atomic E-state index is 12.2. The number of hydrogen-bond acceptors (Lipinski definition) is 5. The van der Waals surface area contributed by atoms with E-state index in [4.69, 9.17) is 4.74 Å². The zero-order chi connectivity index (χ0) is 18.0. The minimum absolute atomic E-state index is 0.0115. The molecule has 134 valence electrons. The van der Waals surface area contributed by atoms with Gasteiger partial charge in [0.05, 0.1) is 11.6 Å². The standard InChI is InChI=1S/C20H26N2O2S/c1-13(2)5-8-15-11-20(4,24-18(15)23)17-12-25-19(22-17)21-16-9-6-14(3)7-10-16/h6-7,9-10,12-13,15H,5,8,11H2,1-4H3,(H,21,22)/t15-,20-/m1/s1. The highest BCUT2D eigenvalue weighted by Crippen LogP contribution is 2.42. The molecule has 1 aromatic carbocycles. The van der Waals surface area contributed by atoms with E-state index in [-0.39, 0.29) is 11.9 Å². The first-order valence-electron chi connectivity index (χ1n) is 8.88. The summed E-state index contributed by atoms with van der Waals surface area (Å²) in [5, 5.41) is 6.14. The fraction of sp³-hybridized carbons (Fsp3) is 0.500. The highest BCUT2D eigenvalue weighted by Gasteiger charge is 2.45. The molecule has 2 aromatic rings. The number of aromatic nitrogens is 1. The number of benzene rings is 1. The average molecular weight is 359 g/mol. The van der Waals surface area contributed by atoms with Crippen LogP contribution < -0.4 is 5.32 Å². The van der Waals surface area contributed by atoms with Crippen molar-refractivity contribution in [3.8, 4) is 0 Å². The number of cyclic esters (lactones) is 1. The molecule has 2 atom stereocenters. The Morgan fingerprint density at radius 1 is 1.36 bits per heavy atom. The third-order valence-corrected chi connectivity index (χ3v) is 5.49. The van der Waals surface area contributed by atoms with E-state index in [1.54, 1.807) is 11.3 Å². The van der Waals surface area contributed by atoms with Gasteiger partial charge >= 0.3 is 5.97 Å². The first kappa shape index (κ1) is 17.9. The third-order valence-electron chi connectivity index (χ3n) is 4.74. The molecule has 25 heavy (non-hydrogen) atoms. The van der Waals surface area contributed by atoms with Gasteiger partial charge in [0.15, 0.2) is 10.7 Å². The van der Waals surface area contributed by atoms with Gasteiger partial charge in [0.25, 0.3) is 0 Å². The Bertz CT molecular complexity index is 738. The number of anilines is 2. The first-order valence-corrected chi connectivity index (χ1v) is 9.76. The molecule has 0 spiro atoms. The Kier molecular flexibility index (Phi) is 5.13. The molecular weight excluding hydrogens is 332 g/mol. The SMILES string of the molecule is Cc1ccc(Nc2nc([C@@]3(C)C[C@@H](CCC(C)C)C(=O)O3)cs2)cc1. The number of aryl methyl sites for hydroxylation is 1. The highest BCUT2D eigenvalue weighted by molar-refractivity contribution is 7.13. The number of carbonyl (C=O) groups excluding carboxylic acids is 1. The van der Waals surface area contributed by atoms with E-state index in [1.807, 2.05) is 24.4 Å². The quantitative estimate of drug-likeness (QED) is 0.702. The minimum Gasteiger partial charge on any atom is -0.453 e. The maximum absolute atomic E-state index is 12.2. The van der Waals surface area contributed by atoms with Gasteiger partial charge in [0.1, 0.15) is 0 Å². The molecule has 1 N–H and O–H groups in total. The maximum Gasteiger partial charge on any atom is 0.310 e. The van der Waals surface area contributed by atoms with Crippen LogP contribution in [0.1, 0.15) is 51.3 Å². The van der Waals surface area contributed by atoms with Gasteiger partial charge in [-0.15, -0.1) is 11.3 Å².